The summed E-state index contributed by atoms with van der Waals surface area (Å²) >= 11 is 0. The van der Waals surface area contributed by atoms with E-state index in [2.05, 4.69) is 44.6 Å². The van der Waals surface area contributed by atoms with Crippen molar-refractivity contribution in [2.45, 2.75) is 51.6 Å². The SMILES string of the molecule is CCCCn1ccnc1C1CCN(c2ccc(CN3CCOCC3)cn2)CC1. The fourth-order valence-electron chi connectivity index (χ4n) is 4.28. The second-order valence-electron chi connectivity index (χ2n) is 8.01. The summed E-state index contributed by atoms with van der Waals surface area (Å²) in [7, 11) is 0. The van der Waals surface area contributed by atoms with Gasteiger partial charge in [0.2, 0.25) is 0 Å². The molecule has 28 heavy (non-hydrogen) atoms. The first-order chi connectivity index (χ1) is 13.8. The molecule has 2 fully saturated rings. The lowest BCUT2D eigenvalue weighted by Crippen LogP contribution is -2.36. The van der Waals surface area contributed by atoms with Crippen molar-refractivity contribution in [3.05, 3.63) is 42.1 Å². The number of rotatable bonds is 7. The molecule has 0 atom stereocenters. The molecule has 4 rings (SSSR count). The maximum atomic E-state index is 5.43. The number of imidazole rings is 1. The lowest BCUT2D eigenvalue weighted by molar-refractivity contribution is 0.0341. The normalized spacial score (nSPS) is 19.2. The minimum Gasteiger partial charge on any atom is -0.379 e. The molecule has 2 saturated heterocycles. The van der Waals surface area contributed by atoms with Crippen LogP contribution in [0, 0.1) is 0 Å². The van der Waals surface area contributed by atoms with Gasteiger partial charge in [-0.25, -0.2) is 9.97 Å². The molecule has 152 valence electrons. The van der Waals surface area contributed by atoms with Crippen molar-refractivity contribution >= 4 is 5.82 Å². The Bertz CT molecular complexity index is 715. The fraction of sp³-hybridized carbons (Fsp3) is 0.636. The third kappa shape index (κ3) is 4.73. The van der Waals surface area contributed by atoms with E-state index >= 15 is 0 Å². The largest absolute Gasteiger partial charge is 0.379 e. The maximum Gasteiger partial charge on any atom is 0.128 e. The van der Waals surface area contributed by atoms with Crippen LogP contribution < -0.4 is 4.90 Å². The number of hydrogen-bond donors (Lipinski definition) is 0. The van der Waals surface area contributed by atoms with Gasteiger partial charge in [0.25, 0.3) is 0 Å². The van der Waals surface area contributed by atoms with E-state index in [1.807, 2.05) is 12.4 Å². The average Bonchev–Trinajstić information content (AvgIpc) is 3.22. The molecule has 0 aliphatic carbocycles. The smallest absolute Gasteiger partial charge is 0.128 e. The zero-order valence-corrected chi connectivity index (χ0v) is 17.1. The molecule has 4 heterocycles. The van der Waals surface area contributed by atoms with Crippen LogP contribution in [0.15, 0.2) is 30.7 Å². The average molecular weight is 384 g/mol. The molecule has 6 nitrogen and oxygen atoms in total. The van der Waals surface area contributed by atoms with Crippen molar-refractivity contribution < 1.29 is 4.74 Å². The van der Waals surface area contributed by atoms with Crippen molar-refractivity contribution in [2.24, 2.45) is 0 Å². The quantitative estimate of drug-likeness (QED) is 0.734. The van der Waals surface area contributed by atoms with Gasteiger partial charge in [-0.1, -0.05) is 19.4 Å². The number of piperidine rings is 1. The van der Waals surface area contributed by atoms with Crippen LogP contribution in [-0.4, -0.2) is 58.8 Å². The summed E-state index contributed by atoms with van der Waals surface area (Å²) in [6.07, 6.45) is 10.9. The molecule has 2 aromatic rings. The number of ether oxygens (including phenoxy) is 1. The zero-order chi connectivity index (χ0) is 19.2. The van der Waals surface area contributed by atoms with Gasteiger partial charge < -0.3 is 14.2 Å². The van der Waals surface area contributed by atoms with Gasteiger partial charge in [-0.15, -0.1) is 0 Å². The lowest BCUT2D eigenvalue weighted by atomic mass is 9.95. The van der Waals surface area contributed by atoms with Gasteiger partial charge in [-0.05, 0) is 30.9 Å². The number of unbranched alkanes of at least 4 members (excludes halogenated alkanes) is 1. The van der Waals surface area contributed by atoms with Gasteiger partial charge in [-0.3, -0.25) is 4.90 Å². The lowest BCUT2D eigenvalue weighted by Gasteiger charge is -2.33. The van der Waals surface area contributed by atoms with Crippen LogP contribution >= 0.6 is 0 Å². The second-order valence-corrected chi connectivity index (χ2v) is 8.01. The highest BCUT2D eigenvalue weighted by Gasteiger charge is 2.24. The van der Waals surface area contributed by atoms with E-state index in [4.69, 9.17) is 9.72 Å². The second kappa shape index (κ2) is 9.52. The highest BCUT2D eigenvalue weighted by Crippen LogP contribution is 2.29. The number of morpholine rings is 1. The van der Waals surface area contributed by atoms with Crippen LogP contribution in [0.5, 0.6) is 0 Å². The molecule has 0 saturated carbocycles. The molecule has 2 aromatic heterocycles. The Balaban J connectivity index is 1.30. The molecule has 0 unspecified atom stereocenters. The number of hydrogen-bond acceptors (Lipinski definition) is 5. The van der Waals surface area contributed by atoms with E-state index < -0.39 is 0 Å². The highest BCUT2D eigenvalue weighted by molar-refractivity contribution is 5.40. The van der Waals surface area contributed by atoms with Crippen molar-refractivity contribution in [1.82, 2.24) is 19.4 Å². The summed E-state index contributed by atoms with van der Waals surface area (Å²) in [5.74, 6) is 2.96. The summed E-state index contributed by atoms with van der Waals surface area (Å²) in [5.41, 5.74) is 1.29. The van der Waals surface area contributed by atoms with Crippen molar-refractivity contribution in [3.8, 4) is 0 Å². The predicted molar refractivity (Wildman–Crippen MR) is 112 cm³/mol. The van der Waals surface area contributed by atoms with E-state index in [9.17, 15) is 0 Å². The molecule has 2 aliphatic heterocycles. The van der Waals surface area contributed by atoms with Crippen LogP contribution in [0.25, 0.3) is 0 Å². The van der Waals surface area contributed by atoms with Gasteiger partial charge in [0.15, 0.2) is 0 Å². The first-order valence-electron chi connectivity index (χ1n) is 10.8. The number of pyridine rings is 1. The van der Waals surface area contributed by atoms with E-state index in [1.165, 1.54) is 24.2 Å². The number of nitrogens with zero attached hydrogens (tertiary/aromatic N) is 5. The van der Waals surface area contributed by atoms with Crippen molar-refractivity contribution in [1.29, 1.82) is 0 Å². The zero-order valence-electron chi connectivity index (χ0n) is 17.1. The standard InChI is InChI=1S/C22H33N5O/c1-2-3-9-27-12-8-23-22(27)20-6-10-26(11-7-20)21-5-4-19(17-24-21)18-25-13-15-28-16-14-25/h4-5,8,12,17,20H,2-3,6-7,9-11,13-16,18H2,1H3. The Morgan fingerprint density at radius 2 is 1.89 bits per heavy atom. The minimum absolute atomic E-state index is 0.573. The van der Waals surface area contributed by atoms with Crippen LogP contribution in [0.2, 0.25) is 0 Å². The number of aryl methyl sites for hydroxylation is 1. The third-order valence-electron chi connectivity index (χ3n) is 6.00. The van der Waals surface area contributed by atoms with Crippen LogP contribution in [0.4, 0.5) is 5.82 Å². The van der Waals surface area contributed by atoms with Gasteiger partial charge in [0.05, 0.1) is 13.2 Å². The molecule has 6 heteroatoms. The molecule has 2 aliphatic rings. The number of anilines is 1. The highest BCUT2D eigenvalue weighted by atomic mass is 16.5. The Hall–Kier alpha value is -1.92. The predicted octanol–water partition coefficient (Wildman–Crippen LogP) is 3.29. The Morgan fingerprint density at radius 3 is 2.61 bits per heavy atom. The van der Waals surface area contributed by atoms with E-state index in [-0.39, 0.29) is 0 Å². The topological polar surface area (TPSA) is 46.4 Å². The van der Waals surface area contributed by atoms with Crippen molar-refractivity contribution in [3.63, 3.8) is 0 Å². The van der Waals surface area contributed by atoms with Crippen molar-refractivity contribution in [2.75, 3.05) is 44.3 Å². The minimum atomic E-state index is 0.573. The molecule has 0 spiro atoms. The van der Waals surface area contributed by atoms with Gasteiger partial charge in [0.1, 0.15) is 11.6 Å². The van der Waals surface area contributed by atoms with E-state index in [0.717, 1.165) is 71.1 Å². The molecule has 0 N–H and O–H groups in total. The summed E-state index contributed by atoms with van der Waals surface area (Å²) in [5, 5.41) is 0. The van der Waals surface area contributed by atoms with Gasteiger partial charge in [-0.2, -0.15) is 0 Å². The number of aromatic nitrogens is 3. The Labute approximate surface area is 168 Å². The maximum absolute atomic E-state index is 5.43. The molecule has 0 aromatic carbocycles. The van der Waals surface area contributed by atoms with Gasteiger partial charge >= 0.3 is 0 Å². The Morgan fingerprint density at radius 1 is 1.07 bits per heavy atom. The monoisotopic (exact) mass is 383 g/mol. The molecular formula is C22H33N5O. The first kappa shape index (κ1) is 19.4. The van der Waals surface area contributed by atoms with Crippen LogP contribution in [-0.2, 0) is 17.8 Å². The molecule has 0 radical (unpaired) electrons. The summed E-state index contributed by atoms with van der Waals surface area (Å²) in [6, 6.07) is 4.43. The third-order valence-corrected chi connectivity index (χ3v) is 6.00. The van der Waals surface area contributed by atoms with E-state index in [1.54, 1.807) is 0 Å². The Kier molecular flexibility index (Phi) is 6.60. The summed E-state index contributed by atoms with van der Waals surface area (Å²) < 4.78 is 7.79. The van der Waals surface area contributed by atoms with Crippen LogP contribution in [0.3, 0.4) is 0 Å². The molecule has 0 bridgehead atoms. The van der Waals surface area contributed by atoms with E-state index in [0.29, 0.717) is 5.92 Å². The van der Waals surface area contributed by atoms with Gasteiger partial charge in [0, 0.05) is 63.8 Å². The molecule has 0 amide bonds. The summed E-state index contributed by atoms with van der Waals surface area (Å²) in [4.78, 5) is 14.3. The fourth-order valence-corrected chi connectivity index (χ4v) is 4.28. The molecular weight excluding hydrogens is 350 g/mol. The van der Waals surface area contributed by atoms with Crippen LogP contribution in [0.1, 0.15) is 49.9 Å². The first-order valence-corrected chi connectivity index (χ1v) is 10.8. The summed E-state index contributed by atoms with van der Waals surface area (Å²) in [6.45, 7) is 10.1.